The van der Waals surface area contributed by atoms with E-state index in [0.717, 1.165) is 30.0 Å². The quantitative estimate of drug-likeness (QED) is 0.822. The summed E-state index contributed by atoms with van der Waals surface area (Å²) in [6.45, 7) is 3.01. The molecule has 0 amide bonds. The van der Waals surface area contributed by atoms with Crippen molar-refractivity contribution in [1.29, 1.82) is 0 Å². The molecule has 3 aliphatic heterocycles. The van der Waals surface area contributed by atoms with Gasteiger partial charge in [0.05, 0.1) is 25.4 Å². The first-order chi connectivity index (χ1) is 12.2. The second-order valence-corrected chi connectivity index (χ2v) is 8.21. The zero-order valence-corrected chi connectivity index (χ0v) is 14.5. The van der Waals surface area contributed by atoms with Crippen molar-refractivity contribution in [2.45, 2.75) is 11.3 Å². The summed E-state index contributed by atoms with van der Waals surface area (Å²) in [6, 6.07) is 10.9. The molecule has 2 aromatic rings. The highest BCUT2D eigenvalue weighted by Gasteiger charge is 2.37. The highest BCUT2D eigenvalue weighted by Crippen LogP contribution is 2.45. The van der Waals surface area contributed by atoms with Crippen LogP contribution in [0.3, 0.4) is 0 Å². The number of nitrogens with zero attached hydrogens (tertiary/aromatic N) is 2. The summed E-state index contributed by atoms with van der Waals surface area (Å²) in [4.78, 5) is 2.46. The number of hydrogen-bond donors (Lipinski definition) is 0. The van der Waals surface area contributed by atoms with Crippen molar-refractivity contribution in [3.63, 3.8) is 0 Å². The Morgan fingerprint density at radius 1 is 0.920 bits per heavy atom. The molecular formula is C18H18N2O4S. The monoisotopic (exact) mass is 358 g/mol. The summed E-state index contributed by atoms with van der Waals surface area (Å²) >= 11 is 0. The zero-order chi connectivity index (χ0) is 17.0. The van der Waals surface area contributed by atoms with Gasteiger partial charge in [0.2, 0.25) is 0 Å². The van der Waals surface area contributed by atoms with E-state index in [4.69, 9.17) is 9.47 Å². The Labute approximate surface area is 146 Å². The second-order valence-electron chi connectivity index (χ2n) is 6.38. The smallest absolute Gasteiger partial charge is 0.268 e. The standard InChI is InChI=1S/C18H18N2O4S/c21-25(22,16-6-1-3-13-7-11-24-18(13)16)20-9-8-19-10-12-23-15-5-2-4-14(20)17(15)19/h1-6H,7-12H2. The lowest BCUT2D eigenvalue weighted by Crippen LogP contribution is -2.46. The van der Waals surface area contributed by atoms with Crippen LogP contribution < -0.4 is 18.7 Å². The van der Waals surface area contributed by atoms with Crippen molar-refractivity contribution in [2.24, 2.45) is 0 Å². The van der Waals surface area contributed by atoms with Crippen molar-refractivity contribution in [2.75, 3.05) is 42.1 Å². The molecule has 0 aliphatic carbocycles. The van der Waals surface area contributed by atoms with Crippen LogP contribution in [0.5, 0.6) is 11.5 Å². The molecule has 5 rings (SSSR count). The molecule has 0 fully saturated rings. The molecule has 0 N–H and O–H groups in total. The third-order valence-electron chi connectivity index (χ3n) is 5.00. The molecule has 0 radical (unpaired) electrons. The maximum atomic E-state index is 13.4. The Balaban J connectivity index is 1.66. The number of ether oxygens (including phenoxy) is 2. The van der Waals surface area contributed by atoms with Gasteiger partial charge < -0.3 is 14.4 Å². The molecule has 0 aromatic heterocycles. The third-order valence-corrected chi connectivity index (χ3v) is 6.84. The predicted molar refractivity (Wildman–Crippen MR) is 94.3 cm³/mol. The summed E-state index contributed by atoms with van der Waals surface area (Å²) in [5, 5.41) is 0. The second kappa shape index (κ2) is 5.29. The summed E-state index contributed by atoms with van der Waals surface area (Å²) < 4.78 is 39.7. The molecule has 0 bridgehead atoms. The van der Waals surface area contributed by atoms with Crippen LogP contribution in [0.4, 0.5) is 11.4 Å². The lowest BCUT2D eigenvalue weighted by molar-refractivity contribution is 0.307. The van der Waals surface area contributed by atoms with Gasteiger partial charge in [-0.15, -0.1) is 0 Å². The average molecular weight is 358 g/mol. The number of rotatable bonds is 2. The highest BCUT2D eigenvalue weighted by atomic mass is 32.2. The third kappa shape index (κ3) is 2.12. The van der Waals surface area contributed by atoms with Crippen molar-refractivity contribution < 1.29 is 17.9 Å². The Kier molecular flexibility index (Phi) is 3.15. The fourth-order valence-corrected chi connectivity index (χ4v) is 5.48. The van der Waals surface area contributed by atoms with Crippen molar-refractivity contribution >= 4 is 21.4 Å². The average Bonchev–Trinajstić information content (AvgIpc) is 3.11. The molecule has 3 heterocycles. The van der Waals surface area contributed by atoms with Crippen LogP contribution in [-0.4, -0.2) is 41.3 Å². The molecule has 2 aromatic carbocycles. The van der Waals surface area contributed by atoms with E-state index < -0.39 is 10.0 Å². The first-order valence-corrected chi connectivity index (χ1v) is 9.88. The van der Waals surface area contributed by atoms with Crippen molar-refractivity contribution in [3.8, 4) is 11.5 Å². The molecule has 7 heteroatoms. The van der Waals surface area contributed by atoms with E-state index in [1.54, 1.807) is 12.1 Å². The van der Waals surface area contributed by atoms with E-state index >= 15 is 0 Å². The first-order valence-electron chi connectivity index (χ1n) is 8.44. The van der Waals surface area contributed by atoms with Crippen LogP contribution in [0.15, 0.2) is 41.3 Å². The molecule has 0 saturated heterocycles. The minimum Gasteiger partial charge on any atom is -0.492 e. The number of para-hydroxylation sites is 2. The fourth-order valence-electron chi connectivity index (χ4n) is 3.84. The zero-order valence-electron chi connectivity index (χ0n) is 13.6. The van der Waals surface area contributed by atoms with E-state index in [9.17, 15) is 8.42 Å². The number of sulfonamides is 1. The van der Waals surface area contributed by atoms with Crippen LogP contribution in [-0.2, 0) is 16.4 Å². The minimum atomic E-state index is -3.70. The van der Waals surface area contributed by atoms with E-state index in [0.29, 0.717) is 37.7 Å². The van der Waals surface area contributed by atoms with Crippen LogP contribution in [0.2, 0.25) is 0 Å². The van der Waals surface area contributed by atoms with Gasteiger partial charge in [-0.05, 0) is 23.8 Å². The molecule has 0 atom stereocenters. The summed E-state index contributed by atoms with van der Waals surface area (Å²) in [5.74, 6) is 1.25. The Bertz CT molecular complexity index is 958. The van der Waals surface area contributed by atoms with E-state index in [-0.39, 0.29) is 4.90 Å². The van der Waals surface area contributed by atoms with Gasteiger partial charge in [0.15, 0.2) is 0 Å². The largest absolute Gasteiger partial charge is 0.492 e. The van der Waals surface area contributed by atoms with Gasteiger partial charge in [-0.1, -0.05) is 18.2 Å². The Morgan fingerprint density at radius 2 is 1.80 bits per heavy atom. The maximum absolute atomic E-state index is 13.4. The lowest BCUT2D eigenvalue weighted by atomic mass is 10.1. The highest BCUT2D eigenvalue weighted by molar-refractivity contribution is 7.93. The van der Waals surface area contributed by atoms with Gasteiger partial charge in [0, 0.05) is 13.0 Å². The molecule has 130 valence electrons. The Morgan fingerprint density at radius 3 is 2.72 bits per heavy atom. The molecule has 0 spiro atoms. The normalized spacial score (nSPS) is 18.2. The number of anilines is 2. The number of hydrogen-bond acceptors (Lipinski definition) is 5. The first kappa shape index (κ1) is 14.9. The summed E-state index contributed by atoms with van der Waals surface area (Å²) in [5.41, 5.74) is 2.51. The SMILES string of the molecule is O=S(=O)(c1cccc2c1OCC2)N1CCN2CCOc3cccc1c32. The Hall–Kier alpha value is -2.41. The molecule has 3 aliphatic rings. The van der Waals surface area contributed by atoms with E-state index in [1.807, 2.05) is 24.3 Å². The van der Waals surface area contributed by atoms with Crippen molar-refractivity contribution in [1.82, 2.24) is 0 Å². The predicted octanol–water partition coefficient (Wildman–Crippen LogP) is 2.03. The molecule has 0 saturated carbocycles. The van der Waals surface area contributed by atoms with Gasteiger partial charge in [-0.3, -0.25) is 4.31 Å². The van der Waals surface area contributed by atoms with Crippen LogP contribution in [0.25, 0.3) is 0 Å². The minimum absolute atomic E-state index is 0.255. The van der Waals surface area contributed by atoms with Gasteiger partial charge in [0.1, 0.15) is 28.7 Å². The van der Waals surface area contributed by atoms with Gasteiger partial charge in [-0.25, -0.2) is 8.42 Å². The van der Waals surface area contributed by atoms with Gasteiger partial charge >= 0.3 is 0 Å². The van der Waals surface area contributed by atoms with Crippen LogP contribution in [0, 0.1) is 0 Å². The molecule has 0 unspecified atom stereocenters. The number of fused-ring (bicyclic) bond motifs is 1. The number of benzene rings is 2. The lowest BCUT2D eigenvalue weighted by Gasteiger charge is -2.41. The molecule has 6 nitrogen and oxygen atoms in total. The van der Waals surface area contributed by atoms with Gasteiger partial charge in [-0.2, -0.15) is 0 Å². The van der Waals surface area contributed by atoms with Gasteiger partial charge in [0.25, 0.3) is 10.0 Å². The van der Waals surface area contributed by atoms with Crippen molar-refractivity contribution in [3.05, 3.63) is 42.0 Å². The summed E-state index contributed by atoms with van der Waals surface area (Å²) in [7, 11) is -3.70. The fraction of sp³-hybridized carbons (Fsp3) is 0.333. The van der Waals surface area contributed by atoms with E-state index in [1.165, 1.54) is 4.31 Å². The maximum Gasteiger partial charge on any atom is 0.268 e. The summed E-state index contributed by atoms with van der Waals surface area (Å²) in [6.07, 6.45) is 0.751. The molecule has 25 heavy (non-hydrogen) atoms. The topological polar surface area (TPSA) is 59.1 Å². The van der Waals surface area contributed by atoms with E-state index in [2.05, 4.69) is 4.90 Å². The van der Waals surface area contributed by atoms with Crippen LogP contribution in [0.1, 0.15) is 5.56 Å². The van der Waals surface area contributed by atoms with Crippen LogP contribution >= 0.6 is 0 Å². The molecular weight excluding hydrogens is 340 g/mol.